The van der Waals surface area contributed by atoms with E-state index in [1.165, 1.54) is 6.08 Å². The van der Waals surface area contributed by atoms with E-state index < -0.39 is 0 Å². The quantitative estimate of drug-likeness (QED) is 0.637. The molecule has 2 rings (SSSR count). The first-order valence-electron chi connectivity index (χ1n) is 6.96. The third-order valence-electron chi connectivity index (χ3n) is 3.07. The number of aryl methyl sites for hydroxylation is 1. The summed E-state index contributed by atoms with van der Waals surface area (Å²) in [6.07, 6.45) is 3.20. The van der Waals surface area contributed by atoms with Crippen molar-refractivity contribution in [3.8, 4) is 5.75 Å². The summed E-state index contributed by atoms with van der Waals surface area (Å²) in [5, 5.41) is 3.12. The molecule has 0 heterocycles. The highest BCUT2D eigenvalue weighted by Crippen LogP contribution is 2.14. The van der Waals surface area contributed by atoms with Crippen LogP contribution >= 0.6 is 0 Å². The fourth-order valence-electron chi connectivity index (χ4n) is 1.92. The van der Waals surface area contributed by atoms with Crippen molar-refractivity contribution in [1.82, 2.24) is 0 Å². The molecule has 0 bridgehead atoms. The Morgan fingerprint density at radius 1 is 1.14 bits per heavy atom. The number of para-hydroxylation sites is 1. The Morgan fingerprint density at radius 3 is 2.52 bits per heavy atom. The molecule has 108 valence electrons. The molecule has 0 saturated carbocycles. The number of allylic oxidation sites excluding steroid dienone is 1. The molecule has 1 N–H and O–H groups in total. The number of hydrogen-bond donors (Lipinski definition) is 1. The predicted octanol–water partition coefficient (Wildman–Crippen LogP) is 4.20. The van der Waals surface area contributed by atoms with Gasteiger partial charge in [0, 0.05) is 23.5 Å². The van der Waals surface area contributed by atoms with E-state index in [4.69, 9.17) is 4.74 Å². The van der Waals surface area contributed by atoms with E-state index in [9.17, 15) is 4.79 Å². The molecule has 21 heavy (non-hydrogen) atoms. The van der Waals surface area contributed by atoms with Gasteiger partial charge in [-0.2, -0.15) is 0 Å². The Hall–Kier alpha value is -2.55. The maximum Gasteiger partial charge on any atom is 0.187 e. The molecule has 0 spiro atoms. The smallest absolute Gasteiger partial charge is 0.187 e. The first kappa shape index (κ1) is 14.9. The minimum atomic E-state index is -0.0425. The first-order chi connectivity index (χ1) is 10.2. The van der Waals surface area contributed by atoms with E-state index in [-0.39, 0.29) is 5.78 Å². The number of hydrogen-bond acceptors (Lipinski definition) is 3. The van der Waals surface area contributed by atoms with Crippen LogP contribution in [0.3, 0.4) is 0 Å². The third kappa shape index (κ3) is 4.21. The van der Waals surface area contributed by atoms with Crippen LogP contribution in [0.25, 0.3) is 0 Å². The molecule has 0 unspecified atom stereocenters. The van der Waals surface area contributed by atoms with E-state index in [1.807, 2.05) is 38.1 Å². The minimum Gasteiger partial charge on any atom is -0.494 e. The Kier molecular flexibility index (Phi) is 5.16. The van der Waals surface area contributed by atoms with Crippen molar-refractivity contribution in [2.24, 2.45) is 0 Å². The minimum absolute atomic E-state index is 0.0425. The lowest BCUT2D eigenvalue weighted by Crippen LogP contribution is -1.98. The van der Waals surface area contributed by atoms with Gasteiger partial charge < -0.3 is 10.1 Å². The topological polar surface area (TPSA) is 38.3 Å². The summed E-state index contributed by atoms with van der Waals surface area (Å²) in [5.41, 5.74) is 2.77. The molecule has 0 aromatic heterocycles. The molecule has 3 heteroatoms. The highest BCUT2D eigenvalue weighted by atomic mass is 16.5. The molecule has 0 fully saturated rings. The number of rotatable bonds is 6. The molecular weight excluding hydrogens is 262 g/mol. The molecule has 3 nitrogen and oxygen atoms in total. The molecule has 0 radical (unpaired) electrons. The Bertz CT molecular complexity index is 630. The van der Waals surface area contributed by atoms with Gasteiger partial charge in [-0.05, 0) is 49.7 Å². The maximum atomic E-state index is 12.0. The lowest BCUT2D eigenvalue weighted by Gasteiger charge is -2.04. The van der Waals surface area contributed by atoms with Crippen LogP contribution < -0.4 is 10.1 Å². The molecule has 0 aliphatic heterocycles. The van der Waals surface area contributed by atoms with Gasteiger partial charge in [0.25, 0.3) is 0 Å². The molecule has 0 aliphatic rings. The number of ketones is 1. The fraction of sp³-hybridized carbons (Fsp3) is 0.167. The van der Waals surface area contributed by atoms with Gasteiger partial charge in [0.1, 0.15) is 5.75 Å². The number of nitrogens with one attached hydrogen (secondary N) is 1. The number of ether oxygens (including phenoxy) is 1. The fourth-order valence-corrected chi connectivity index (χ4v) is 1.92. The van der Waals surface area contributed by atoms with Crippen LogP contribution in [-0.2, 0) is 0 Å². The summed E-state index contributed by atoms with van der Waals surface area (Å²) >= 11 is 0. The molecule has 0 atom stereocenters. The number of benzene rings is 2. The second-order valence-corrected chi connectivity index (χ2v) is 4.61. The SMILES string of the molecule is CCOc1ccc(C(=O)/C=C/Nc2ccccc2C)cc1. The average molecular weight is 281 g/mol. The van der Waals surface area contributed by atoms with Crippen LogP contribution in [0.2, 0.25) is 0 Å². The summed E-state index contributed by atoms with van der Waals surface area (Å²) in [4.78, 5) is 12.0. The second-order valence-electron chi connectivity index (χ2n) is 4.61. The van der Waals surface area contributed by atoms with Crippen molar-refractivity contribution in [2.75, 3.05) is 11.9 Å². The van der Waals surface area contributed by atoms with Crippen LogP contribution in [0.4, 0.5) is 5.69 Å². The number of anilines is 1. The number of carbonyl (C=O) groups excluding carboxylic acids is 1. The van der Waals surface area contributed by atoms with Gasteiger partial charge in [-0.1, -0.05) is 18.2 Å². The second kappa shape index (κ2) is 7.29. The van der Waals surface area contributed by atoms with Gasteiger partial charge in [0.2, 0.25) is 0 Å². The van der Waals surface area contributed by atoms with Crippen LogP contribution in [0.1, 0.15) is 22.8 Å². The zero-order valence-electron chi connectivity index (χ0n) is 12.3. The molecule has 2 aromatic rings. The largest absolute Gasteiger partial charge is 0.494 e. The molecule has 2 aromatic carbocycles. The summed E-state index contributed by atoms with van der Waals surface area (Å²) in [6.45, 7) is 4.57. The van der Waals surface area contributed by atoms with Crippen molar-refractivity contribution in [3.05, 3.63) is 71.9 Å². The summed E-state index contributed by atoms with van der Waals surface area (Å²) in [7, 11) is 0. The standard InChI is InChI=1S/C18H19NO2/c1-3-21-16-10-8-15(9-11-16)18(20)12-13-19-17-7-5-4-6-14(17)2/h4-13,19H,3H2,1-2H3/b13-12+. The third-order valence-corrected chi connectivity index (χ3v) is 3.07. The van der Waals surface area contributed by atoms with Crippen molar-refractivity contribution in [1.29, 1.82) is 0 Å². The maximum absolute atomic E-state index is 12.0. The van der Waals surface area contributed by atoms with Gasteiger partial charge in [0.15, 0.2) is 5.78 Å². The molecule has 0 saturated heterocycles. The van der Waals surface area contributed by atoms with Crippen molar-refractivity contribution < 1.29 is 9.53 Å². The zero-order chi connectivity index (χ0) is 15.1. The van der Waals surface area contributed by atoms with E-state index in [0.717, 1.165) is 17.0 Å². The van der Waals surface area contributed by atoms with Gasteiger partial charge >= 0.3 is 0 Å². The van der Waals surface area contributed by atoms with Crippen molar-refractivity contribution in [3.63, 3.8) is 0 Å². The zero-order valence-corrected chi connectivity index (χ0v) is 12.3. The Balaban J connectivity index is 1.97. The molecule has 0 aliphatic carbocycles. The van der Waals surface area contributed by atoms with Gasteiger partial charge in [-0.3, -0.25) is 4.79 Å². The molecular formula is C18H19NO2. The monoisotopic (exact) mass is 281 g/mol. The normalized spacial score (nSPS) is 10.6. The Morgan fingerprint density at radius 2 is 1.86 bits per heavy atom. The highest BCUT2D eigenvalue weighted by Gasteiger charge is 2.02. The highest BCUT2D eigenvalue weighted by molar-refractivity contribution is 6.04. The predicted molar refractivity (Wildman–Crippen MR) is 85.9 cm³/mol. The van der Waals surface area contributed by atoms with E-state index in [2.05, 4.69) is 5.32 Å². The van der Waals surface area contributed by atoms with Crippen molar-refractivity contribution >= 4 is 11.5 Å². The van der Waals surface area contributed by atoms with E-state index >= 15 is 0 Å². The van der Waals surface area contributed by atoms with Crippen molar-refractivity contribution in [2.45, 2.75) is 13.8 Å². The summed E-state index contributed by atoms with van der Waals surface area (Å²) in [5.74, 6) is 0.732. The molecule has 0 amide bonds. The lowest BCUT2D eigenvalue weighted by atomic mass is 10.1. The van der Waals surface area contributed by atoms with Crippen LogP contribution in [0, 0.1) is 6.92 Å². The average Bonchev–Trinajstić information content (AvgIpc) is 2.50. The summed E-state index contributed by atoms with van der Waals surface area (Å²) < 4.78 is 5.35. The van der Waals surface area contributed by atoms with Crippen LogP contribution in [0.5, 0.6) is 5.75 Å². The Labute approximate surface area is 125 Å². The van der Waals surface area contributed by atoms with E-state index in [1.54, 1.807) is 30.5 Å². The van der Waals surface area contributed by atoms with E-state index in [0.29, 0.717) is 12.2 Å². The lowest BCUT2D eigenvalue weighted by molar-refractivity contribution is 0.104. The van der Waals surface area contributed by atoms with Crippen LogP contribution in [0.15, 0.2) is 60.8 Å². The number of carbonyl (C=O) groups is 1. The van der Waals surface area contributed by atoms with Crippen LogP contribution in [-0.4, -0.2) is 12.4 Å². The first-order valence-corrected chi connectivity index (χ1v) is 6.96. The van der Waals surface area contributed by atoms with Gasteiger partial charge in [0.05, 0.1) is 6.61 Å². The van der Waals surface area contributed by atoms with Gasteiger partial charge in [-0.15, -0.1) is 0 Å². The van der Waals surface area contributed by atoms with Gasteiger partial charge in [-0.25, -0.2) is 0 Å². The summed E-state index contributed by atoms with van der Waals surface area (Å²) in [6, 6.07) is 15.1.